The second-order valence-electron chi connectivity index (χ2n) is 4.74. The highest BCUT2D eigenvalue weighted by Gasteiger charge is 2.17. The van der Waals surface area contributed by atoms with Gasteiger partial charge in [0.2, 0.25) is 0 Å². The summed E-state index contributed by atoms with van der Waals surface area (Å²) >= 11 is 12.5. The molecule has 20 heavy (non-hydrogen) atoms. The van der Waals surface area contributed by atoms with Gasteiger partial charge in [0.1, 0.15) is 5.82 Å². The number of halogens is 3. The SMILES string of the molecule is CCc1ccc(C(Cl)c2cccc(F)c2Cl)cc1CC. The Morgan fingerprint density at radius 1 is 1.05 bits per heavy atom. The number of hydrogen-bond acceptors (Lipinski definition) is 0. The Morgan fingerprint density at radius 3 is 2.40 bits per heavy atom. The average molecular weight is 311 g/mol. The Balaban J connectivity index is 2.43. The second-order valence-corrected chi connectivity index (χ2v) is 5.56. The van der Waals surface area contributed by atoms with E-state index in [0.717, 1.165) is 18.4 Å². The molecule has 0 amide bonds. The minimum Gasteiger partial charge on any atom is -0.205 e. The van der Waals surface area contributed by atoms with E-state index in [1.54, 1.807) is 12.1 Å². The molecule has 0 aromatic heterocycles. The van der Waals surface area contributed by atoms with E-state index in [4.69, 9.17) is 23.2 Å². The van der Waals surface area contributed by atoms with Crippen molar-refractivity contribution in [2.75, 3.05) is 0 Å². The Bertz CT molecular complexity index is 608. The Kier molecular flexibility index (Phi) is 5.06. The molecule has 1 atom stereocenters. The normalized spacial score (nSPS) is 12.4. The van der Waals surface area contributed by atoms with Crippen molar-refractivity contribution in [3.05, 3.63) is 69.5 Å². The van der Waals surface area contributed by atoms with Gasteiger partial charge in [0.05, 0.1) is 10.4 Å². The van der Waals surface area contributed by atoms with Crippen LogP contribution in [0.15, 0.2) is 36.4 Å². The summed E-state index contributed by atoms with van der Waals surface area (Å²) in [6.45, 7) is 4.26. The molecule has 106 valence electrons. The fourth-order valence-electron chi connectivity index (χ4n) is 2.37. The number of benzene rings is 2. The van der Waals surface area contributed by atoms with Crippen LogP contribution in [-0.2, 0) is 12.8 Å². The molecule has 0 aliphatic heterocycles. The summed E-state index contributed by atoms with van der Waals surface area (Å²) in [5.74, 6) is -0.435. The van der Waals surface area contributed by atoms with Crippen LogP contribution < -0.4 is 0 Å². The maximum absolute atomic E-state index is 13.5. The zero-order valence-electron chi connectivity index (χ0n) is 11.6. The van der Waals surface area contributed by atoms with Crippen LogP contribution in [0.2, 0.25) is 5.02 Å². The van der Waals surface area contributed by atoms with Crippen LogP contribution in [0.5, 0.6) is 0 Å². The molecule has 0 fully saturated rings. The molecular formula is C17H17Cl2F. The maximum atomic E-state index is 13.5. The van der Waals surface area contributed by atoms with Crippen LogP contribution in [0.25, 0.3) is 0 Å². The molecule has 0 N–H and O–H groups in total. The molecule has 0 nitrogen and oxygen atoms in total. The van der Waals surface area contributed by atoms with Gasteiger partial charge in [-0.25, -0.2) is 4.39 Å². The van der Waals surface area contributed by atoms with Gasteiger partial charge in [-0.15, -0.1) is 11.6 Å². The summed E-state index contributed by atoms with van der Waals surface area (Å²) in [7, 11) is 0. The van der Waals surface area contributed by atoms with Crippen molar-refractivity contribution >= 4 is 23.2 Å². The van der Waals surface area contributed by atoms with Gasteiger partial charge < -0.3 is 0 Å². The van der Waals surface area contributed by atoms with E-state index in [1.807, 2.05) is 6.07 Å². The van der Waals surface area contributed by atoms with Gasteiger partial charge in [-0.3, -0.25) is 0 Å². The summed E-state index contributed by atoms with van der Waals surface area (Å²) in [6.07, 6.45) is 1.95. The first-order chi connectivity index (χ1) is 9.58. The third-order valence-electron chi connectivity index (χ3n) is 3.54. The minimum absolute atomic E-state index is 0.102. The van der Waals surface area contributed by atoms with Crippen molar-refractivity contribution in [3.63, 3.8) is 0 Å². The van der Waals surface area contributed by atoms with Gasteiger partial charge in [0.25, 0.3) is 0 Å². The number of hydrogen-bond donors (Lipinski definition) is 0. The summed E-state index contributed by atoms with van der Waals surface area (Å²) in [6, 6.07) is 10.9. The van der Waals surface area contributed by atoms with Gasteiger partial charge in [0.15, 0.2) is 0 Å². The maximum Gasteiger partial charge on any atom is 0.142 e. The van der Waals surface area contributed by atoms with Crippen LogP contribution in [0.4, 0.5) is 4.39 Å². The molecule has 2 aromatic rings. The van der Waals surface area contributed by atoms with E-state index >= 15 is 0 Å². The fraction of sp³-hybridized carbons (Fsp3) is 0.294. The van der Waals surface area contributed by atoms with E-state index in [9.17, 15) is 4.39 Å². The van der Waals surface area contributed by atoms with E-state index in [1.165, 1.54) is 17.2 Å². The van der Waals surface area contributed by atoms with Crippen LogP contribution >= 0.6 is 23.2 Å². The van der Waals surface area contributed by atoms with Crippen LogP contribution in [0.3, 0.4) is 0 Å². The van der Waals surface area contributed by atoms with E-state index < -0.39 is 11.2 Å². The number of alkyl halides is 1. The lowest BCUT2D eigenvalue weighted by molar-refractivity contribution is 0.626. The van der Waals surface area contributed by atoms with Gasteiger partial charge in [-0.1, -0.05) is 55.8 Å². The third-order valence-corrected chi connectivity index (χ3v) is 4.43. The van der Waals surface area contributed by atoms with Crippen molar-refractivity contribution in [3.8, 4) is 0 Å². The lowest BCUT2D eigenvalue weighted by atomic mass is 9.96. The van der Waals surface area contributed by atoms with Gasteiger partial charge >= 0.3 is 0 Å². The second kappa shape index (κ2) is 6.60. The molecule has 1 unspecified atom stereocenters. The minimum atomic E-state index is -0.436. The average Bonchev–Trinajstić information content (AvgIpc) is 2.48. The zero-order valence-corrected chi connectivity index (χ0v) is 13.1. The van der Waals surface area contributed by atoms with Crippen molar-refractivity contribution in [1.29, 1.82) is 0 Å². The molecule has 0 aliphatic rings. The van der Waals surface area contributed by atoms with Gasteiger partial charge in [-0.05, 0) is 41.2 Å². The lowest BCUT2D eigenvalue weighted by Gasteiger charge is -2.15. The number of aryl methyl sites for hydroxylation is 2. The van der Waals surface area contributed by atoms with Crippen molar-refractivity contribution in [1.82, 2.24) is 0 Å². The van der Waals surface area contributed by atoms with Gasteiger partial charge in [0, 0.05) is 0 Å². The quantitative estimate of drug-likeness (QED) is 0.614. The standard InChI is InChI=1S/C17H17Cl2F/c1-3-11-8-9-13(10-12(11)4-2)16(18)14-6-5-7-15(20)17(14)19/h5-10,16H,3-4H2,1-2H3. The molecule has 0 aliphatic carbocycles. The first-order valence-corrected chi connectivity index (χ1v) is 7.59. The van der Waals surface area contributed by atoms with Crippen molar-refractivity contribution in [2.24, 2.45) is 0 Å². The Hall–Kier alpha value is -1.05. The number of rotatable bonds is 4. The highest BCUT2D eigenvalue weighted by molar-refractivity contribution is 6.33. The third kappa shape index (κ3) is 2.99. The fourth-order valence-corrected chi connectivity index (χ4v) is 2.98. The monoisotopic (exact) mass is 310 g/mol. The summed E-state index contributed by atoms with van der Waals surface area (Å²) < 4.78 is 13.5. The van der Waals surface area contributed by atoms with Gasteiger partial charge in [-0.2, -0.15) is 0 Å². The van der Waals surface area contributed by atoms with E-state index in [-0.39, 0.29) is 5.02 Å². The highest BCUT2D eigenvalue weighted by Crippen LogP contribution is 2.35. The smallest absolute Gasteiger partial charge is 0.142 e. The lowest BCUT2D eigenvalue weighted by Crippen LogP contribution is -1.99. The molecule has 3 heteroatoms. The van der Waals surface area contributed by atoms with Crippen molar-refractivity contribution < 1.29 is 4.39 Å². The van der Waals surface area contributed by atoms with Crippen LogP contribution in [0, 0.1) is 5.82 Å². The molecule has 0 radical (unpaired) electrons. The Morgan fingerprint density at radius 2 is 1.75 bits per heavy atom. The van der Waals surface area contributed by atoms with Crippen LogP contribution in [0.1, 0.15) is 41.5 Å². The highest BCUT2D eigenvalue weighted by atomic mass is 35.5. The predicted molar refractivity (Wildman–Crippen MR) is 84.3 cm³/mol. The summed E-state index contributed by atoms with van der Waals surface area (Å²) in [5, 5.41) is -0.334. The Labute approximate surface area is 129 Å². The topological polar surface area (TPSA) is 0 Å². The summed E-state index contributed by atoms with van der Waals surface area (Å²) in [5.41, 5.74) is 4.17. The molecule has 0 saturated carbocycles. The molecule has 0 spiro atoms. The molecule has 0 bridgehead atoms. The zero-order chi connectivity index (χ0) is 14.7. The first-order valence-electron chi connectivity index (χ1n) is 6.78. The molecular weight excluding hydrogens is 294 g/mol. The van der Waals surface area contributed by atoms with E-state index in [0.29, 0.717) is 5.56 Å². The predicted octanol–water partition coefficient (Wildman–Crippen LogP) is 5.93. The molecule has 0 heterocycles. The van der Waals surface area contributed by atoms with E-state index in [2.05, 4.69) is 26.0 Å². The first kappa shape index (κ1) is 15.3. The summed E-state index contributed by atoms with van der Waals surface area (Å²) in [4.78, 5) is 0. The molecule has 0 saturated heterocycles. The molecule has 2 aromatic carbocycles. The molecule has 2 rings (SSSR count). The largest absolute Gasteiger partial charge is 0.205 e. The van der Waals surface area contributed by atoms with Crippen LogP contribution in [-0.4, -0.2) is 0 Å². The van der Waals surface area contributed by atoms with Crippen molar-refractivity contribution in [2.45, 2.75) is 32.1 Å².